The van der Waals surface area contributed by atoms with E-state index in [1.807, 2.05) is 46.7 Å². The van der Waals surface area contributed by atoms with Crippen molar-refractivity contribution in [1.82, 2.24) is 9.80 Å². The van der Waals surface area contributed by atoms with Gasteiger partial charge in [-0.05, 0) is 42.9 Å². The van der Waals surface area contributed by atoms with Gasteiger partial charge in [-0.25, -0.2) is 0 Å². The molecule has 2 aliphatic heterocycles. The molecule has 0 aromatic rings. The molecule has 0 radical (unpaired) electrons. The Kier molecular flexibility index (Phi) is 45.6. The molecule has 9 nitrogen and oxygen atoms in total. The highest BCUT2D eigenvalue weighted by atomic mass is 33.1. The second kappa shape index (κ2) is 46.8. The minimum absolute atomic E-state index is 0.0144. The van der Waals surface area contributed by atoms with Crippen molar-refractivity contribution in [2.24, 2.45) is 0 Å². The van der Waals surface area contributed by atoms with E-state index in [0.29, 0.717) is 6.42 Å². The number of ether oxygens (including phenoxy) is 2. The van der Waals surface area contributed by atoms with Crippen LogP contribution < -0.4 is 0 Å². The zero-order chi connectivity index (χ0) is 39.4. The largest absolute Gasteiger partial charge is 0.392 e. The van der Waals surface area contributed by atoms with E-state index in [-0.39, 0.29) is 25.5 Å². The van der Waals surface area contributed by atoms with E-state index in [2.05, 4.69) is 51.4 Å². The van der Waals surface area contributed by atoms with Gasteiger partial charge in [0.2, 0.25) is 0 Å². The Morgan fingerprint density at radius 3 is 1.78 bits per heavy atom. The van der Waals surface area contributed by atoms with Gasteiger partial charge in [0.15, 0.2) is 0 Å². The summed E-state index contributed by atoms with van der Waals surface area (Å²) in [5, 5.41) is 16.0. The summed E-state index contributed by atoms with van der Waals surface area (Å²) in [6.45, 7) is 12.4. The van der Waals surface area contributed by atoms with E-state index < -0.39 is 10.1 Å². The Balaban J connectivity index is -0.000000604. The Labute approximate surface area is 333 Å². The first kappa shape index (κ1) is 47.8. The molecule has 2 heterocycles. The number of aliphatic hydroxyl groups excluding tert-OH is 2. The summed E-state index contributed by atoms with van der Waals surface area (Å²) in [6.07, 6.45) is 19.4. The van der Waals surface area contributed by atoms with Crippen molar-refractivity contribution in [3.05, 3.63) is 48.6 Å². The third kappa shape index (κ3) is 53.2. The van der Waals surface area contributed by atoms with Crippen LogP contribution in [0.5, 0.6) is 0 Å². The molecule has 0 amide bonds. The Morgan fingerprint density at radius 1 is 0.776 bits per heavy atom. The molecule has 0 saturated carbocycles. The third-order valence-electron chi connectivity index (χ3n) is 5.66. The summed E-state index contributed by atoms with van der Waals surface area (Å²) >= 11 is 10.3. The van der Waals surface area contributed by atoms with Crippen LogP contribution in [-0.4, -0.2) is 157 Å². The summed E-state index contributed by atoms with van der Waals surface area (Å²) in [6, 6.07) is 0. The summed E-state index contributed by atoms with van der Waals surface area (Å²) in [5.74, 6) is 4.98. The number of rotatable bonds is 22. The van der Waals surface area contributed by atoms with Crippen LogP contribution in [-0.2, 0) is 23.8 Å². The highest BCUT2D eigenvalue weighted by Crippen LogP contribution is 2.21. The summed E-state index contributed by atoms with van der Waals surface area (Å²) in [4.78, 5) is 4.84. The van der Waals surface area contributed by atoms with Gasteiger partial charge in [-0.2, -0.15) is 58.7 Å². The molecule has 0 aromatic heterocycles. The van der Waals surface area contributed by atoms with Gasteiger partial charge in [-0.3, -0.25) is 14.0 Å². The van der Waals surface area contributed by atoms with Crippen LogP contribution in [0.4, 0.5) is 0 Å². The van der Waals surface area contributed by atoms with Crippen LogP contribution in [0.25, 0.3) is 0 Å². The van der Waals surface area contributed by atoms with Crippen LogP contribution in [0.2, 0.25) is 0 Å². The number of morpholine rings is 2. The molecule has 2 rings (SSSR count). The SMILES string of the molecule is CC/C=C\COS(C)(=O)=O.OC/C=C\CO.SCCN1CCOCC1.[3H]SCC/C=C\CC([3H])S.[3H]SCC/C=C\CSSCCN1CCOCC1. The third-order valence-corrected chi connectivity index (χ3v) is 9.36. The predicted molar refractivity (Wildman–Crippen MR) is 231 cm³/mol. The lowest BCUT2D eigenvalue weighted by Crippen LogP contribution is -2.37. The lowest BCUT2D eigenvalue weighted by molar-refractivity contribution is 0.0410. The Hall–Kier alpha value is 0.730. The fourth-order valence-electron chi connectivity index (χ4n) is 3.25. The molecule has 0 aromatic carbocycles. The first-order chi connectivity index (χ1) is 25.1. The fourth-order valence-corrected chi connectivity index (χ4v) is 6.11. The average molecular weight is 833 g/mol. The number of aliphatic hydroxyl groups is 2. The lowest BCUT2D eigenvalue weighted by atomic mass is 10.3. The van der Waals surface area contributed by atoms with Crippen LogP contribution in [0, 0.1) is 0 Å². The zero-order valence-electron chi connectivity index (χ0n) is 32.5. The molecule has 2 fully saturated rings. The van der Waals surface area contributed by atoms with Gasteiger partial charge >= 0.3 is 0 Å². The van der Waals surface area contributed by atoms with Crippen molar-refractivity contribution in [3.8, 4) is 0 Å². The summed E-state index contributed by atoms with van der Waals surface area (Å²) in [7, 11) is 0.614. The van der Waals surface area contributed by atoms with Gasteiger partial charge in [-0.1, -0.05) is 77.1 Å². The topological polar surface area (TPSA) is 109 Å². The van der Waals surface area contributed by atoms with Gasteiger partial charge in [0.05, 0.1) is 52.5 Å². The van der Waals surface area contributed by atoms with Crippen LogP contribution in [0.15, 0.2) is 48.6 Å². The number of allylic oxidation sites excluding steroid dienone is 4. The van der Waals surface area contributed by atoms with E-state index in [1.54, 1.807) is 6.08 Å². The molecular weight excluding hydrogens is 761 g/mol. The molecule has 1 atom stereocenters. The molecule has 1 unspecified atom stereocenters. The van der Waals surface area contributed by atoms with E-state index in [1.165, 1.54) is 24.4 Å². The maximum absolute atomic E-state index is 10.3. The molecule has 49 heavy (non-hydrogen) atoms. The van der Waals surface area contributed by atoms with Gasteiger partial charge in [0.25, 0.3) is 10.1 Å². The molecule has 0 spiro atoms. The van der Waals surface area contributed by atoms with E-state index in [4.69, 9.17) is 23.3 Å². The van der Waals surface area contributed by atoms with Gasteiger partial charge in [-0.15, -0.1) is 0 Å². The molecule has 2 saturated heterocycles. The van der Waals surface area contributed by atoms with Crippen molar-refractivity contribution in [2.45, 2.75) is 32.6 Å². The number of hydrogen-bond donors (Lipinski definition) is 6. The van der Waals surface area contributed by atoms with E-state index >= 15 is 0 Å². The van der Waals surface area contributed by atoms with E-state index in [0.717, 1.165) is 133 Å². The highest BCUT2D eigenvalue weighted by molar-refractivity contribution is 8.76. The monoisotopic (exact) mass is 832 g/mol. The molecule has 16 heteroatoms. The standard InChI is InChI=1S/C11H21NOS3.C6H13NOS.C6H12O3S.C6H12S2.C4H8O2/c14-9-2-1-3-10-15-16-11-6-12-4-7-13-8-5-12;9-6-3-7-1-4-8-5-2-7;1-3-4-5-6-9-10(2,7)8;7-5-3-1-2-4-6-8;5-3-1-2-4-6/h1,3,14H,2,4-11H2;9H,1-6H2;4-5H,3,6H2,1-2H3;1-2,7-8H,3-6H2;1-2,5-6H,3-4H2/b3-1-;;5-4-;2*2-1-/i;;;5T;/hT2. The lowest BCUT2D eigenvalue weighted by Gasteiger charge is -2.26. The molecule has 2 aliphatic rings. The zero-order valence-corrected chi connectivity index (χ0v) is 35.4. The first-order valence-corrected chi connectivity index (χ1v) is 23.1. The van der Waals surface area contributed by atoms with Crippen molar-refractivity contribution >= 4 is 82.0 Å². The average Bonchev–Trinajstić information content (AvgIpc) is 3.13. The van der Waals surface area contributed by atoms with Gasteiger partial charge < -0.3 is 19.7 Å². The molecule has 292 valence electrons. The minimum Gasteiger partial charge on any atom is -0.392 e. The quantitative estimate of drug-likeness (QED) is 0.0276. The van der Waals surface area contributed by atoms with Gasteiger partial charge in [0, 0.05) is 57.9 Å². The van der Waals surface area contributed by atoms with Crippen molar-refractivity contribution < 1.29 is 33.7 Å². The highest BCUT2D eigenvalue weighted by Gasteiger charge is 2.09. The molecule has 0 bridgehead atoms. The number of hydrogen-bond acceptors (Lipinski definition) is 15. The normalized spacial score (nSPS) is 17.1. The second-order valence-electron chi connectivity index (χ2n) is 9.79. The van der Waals surface area contributed by atoms with Crippen LogP contribution in [0.3, 0.4) is 0 Å². The van der Waals surface area contributed by atoms with Crippen molar-refractivity contribution in [3.63, 3.8) is 0 Å². The van der Waals surface area contributed by atoms with Crippen molar-refractivity contribution in [1.29, 1.82) is 2.25 Å². The summed E-state index contributed by atoms with van der Waals surface area (Å²) < 4.78 is 56.3. The molecule has 0 aliphatic carbocycles. The van der Waals surface area contributed by atoms with E-state index in [9.17, 15) is 8.42 Å². The summed E-state index contributed by atoms with van der Waals surface area (Å²) in [5.41, 5.74) is -0.292. The van der Waals surface area contributed by atoms with Crippen LogP contribution >= 0.6 is 71.9 Å². The number of thiol groups is 4. The first-order valence-electron chi connectivity index (χ1n) is 17.9. The molecular formula is C33H66N2O7S7. The van der Waals surface area contributed by atoms with Crippen LogP contribution in [0.1, 0.15) is 34.0 Å². The fraction of sp³-hybridized carbons (Fsp3) is 0.758. The Bertz CT molecular complexity index is 923. The Morgan fingerprint density at radius 2 is 1.31 bits per heavy atom. The smallest absolute Gasteiger partial charge is 0.264 e. The predicted octanol–water partition coefficient (Wildman–Crippen LogP) is 5.46. The maximum Gasteiger partial charge on any atom is 0.264 e. The van der Waals surface area contributed by atoms with Crippen molar-refractivity contribution in [2.75, 3.05) is 126 Å². The molecule has 2 N–H and O–H groups in total. The minimum atomic E-state index is -3.26. The van der Waals surface area contributed by atoms with Gasteiger partial charge in [0.1, 0.15) is 2.25 Å². The number of nitrogens with zero attached hydrogens (tertiary/aromatic N) is 2. The maximum atomic E-state index is 10.3. The second-order valence-corrected chi connectivity index (χ2v) is 15.7.